The summed E-state index contributed by atoms with van der Waals surface area (Å²) in [5.74, 6) is 0.135. The molecule has 0 radical (unpaired) electrons. The van der Waals surface area contributed by atoms with Crippen LogP contribution < -0.4 is 14.8 Å². The first-order chi connectivity index (χ1) is 14.4. The highest BCUT2D eigenvalue weighted by Crippen LogP contribution is 2.35. The molecular formula is C20H19ClN4O5. The minimum atomic E-state index is -0.666. The Hall–Kier alpha value is -3.59. The van der Waals surface area contributed by atoms with Crippen LogP contribution in [-0.4, -0.2) is 34.3 Å². The molecule has 1 N–H and O–H groups in total. The van der Waals surface area contributed by atoms with Crippen LogP contribution in [0.15, 0.2) is 48.7 Å². The monoisotopic (exact) mass is 430 g/mol. The number of carbonyl (C=O) groups excluding carboxylic acids is 1. The van der Waals surface area contributed by atoms with Gasteiger partial charge in [-0.05, 0) is 24.6 Å². The lowest BCUT2D eigenvalue weighted by Gasteiger charge is -2.13. The molecule has 0 bridgehead atoms. The Kier molecular flexibility index (Phi) is 6.53. The van der Waals surface area contributed by atoms with Gasteiger partial charge in [0.05, 0.1) is 37.4 Å². The third-order valence-corrected chi connectivity index (χ3v) is 4.48. The van der Waals surface area contributed by atoms with E-state index in [1.165, 1.54) is 25.4 Å². The third-order valence-electron chi connectivity index (χ3n) is 4.23. The number of carbonyl (C=O) groups is 1. The van der Waals surface area contributed by atoms with Crippen LogP contribution in [0.5, 0.6) is 11.5 Å². The molecule has 2 aromatic carbocycles. The van der Waals surface area contributed by atoms with Crippen LogP contribution in [-0.2, 0) is 6.54 Å². The van der Waals surface area contributed by atoms with E-state index >= 15 is 0 Å². The second kappa shape index (κ2) is 9.27. The highest BCUT2D eigenvalue weighted by Gasteiger charge is 2.25. The Morgan fingerprint density at radius 1 is 1.23 bits per heavy atom. The molecular weight excluding hydrogens is 412 g/mol. The molecule has 0 aliphatic rings. The molecule has 0 saturated carbocycles. The third kappa shape index (κ3) is 4.69. The van der Waals surface area contributed by atoms with Crippen molar-refractivity contribution in [2.45, 2.75) is 13.5 Å². The van der Waals surface area contributed by atoms with E-state index in [2.05, 4.69) is 10.4 Å². The lowest BCUT2D eigenvalue weighted by molar-refractivity contribution is -0.385. The maximum atomic E-state index is 12.9. The van der Waals surface area contributed by atoms with Crippen molar-refractivity contribution in [1.29, 1.82) is 0 Å². The molecule has 3 rings (SSSR count). The van der Waals surface area contributed by atoms with Crippen LogP contribution in [0.25, 0.3) is 0 Å². The van der Waals surface area contributed by atoms with Gasteiger partial charge < -0.3 is 14.8 Å². The predicted molar refractivity (Wildman–Crippen MR) is 112 cm³/mol. The van der Waals surface area contributed by atoms with Crippen molar-refractivity contribution >= 4 is 29.0 Å². The van der Waals surface area contributed by atoms with Crippen LogP contribution in [0, 0.1) is 10.1 Å². The zero-order valence-corrected chi connectivity index (χ0v) is 17.0. The topological polar surface area (TPSA) is 109 Å². The number of rotatable bonds is 8. The Balaban J connectivity index is 1.88. The zero-order valence-electron chi connectivity index (χ0n) is 16.3. The first kappa shape index (κ1) is 21.1. The summed E-state index contributed by atoms with van der Waals surface area (Å²) in [6, 6.07) is 11.3. The summed E-state index contributed by atoms with van der Waals surface area (Å²) in [7, 11) is 1.40. The van der Waals surface area contributed by atoms with Gasteiger partial charge >= 0.3 is 0 Å². The summed E-state index contributed by atoms with van der Waals surface area (Å²) in [6.45, 7) is 2.42. The molecule has 1 aromatic heterocycles. The number of nitro benzene ring substituents is 1. The fraction of sp³-hybridized carbons (Fsp3) is 0.200. The minimum Gasteiger partial charge on any atom is -0.493 e. The summed E-state index contributed by atoms with van der Waals surface area (Å²) in [5, 5.41) is 19.0. The lowest BCUT2D eigenvalue weighted by Crippen LogP contribution is -2.18. The standard InChI is InChI=1S/C20H19ClN4O5/c1-3-30-18-11-16(25(27)28)15(10-17(18)29-2)20(26)23-19-8-9-22-24(19)12-13-4-6-14(21)7-5-13/h4-11H,3,12H2,1-2H3,(H,23,26). The van der Waals surface area contributed by atoms with E-state index in [0.29, 0.717) is 24.0 Å². The molecule has 0 unspecified atom stereocenters. The number of hydrogen-bond donors (Lipinski definition) is 1. The summed E-state index contributed by atoms with van der Waals surface area (Å²) >= 11 is 5.90. The van der Waals surface area contributed by atoms with Crippen LogP contribution in [0.2, 0.25) is 5.02 Å². The number of halogens is 1. The van der Waals surface area contributed by atoms with Gasteiger partial charge in [0.25, 0.3) is 11.6 Å². The zero-order chi connectivity index (χ0) is 21.7. The van der Waals surface area contributed by atoms with Crippen molar-refractivity contribution in [2.75, 3.05) is 19.0 Å². The molecule has 30 heavy (non-hydrogen) atoms. The molecule has 10 heteroatoms. The van der Waals surface area contributed by atoms with Crippen molar-refractivity contribution < 1.29 is 19.2 Å². The summed E-state index contributed by atoms with van der Waals surface area (Å²) in [5.41, 5.74) is 0.382. The number of hydrogen-bond acceptors (Lipinski definition) is 6. The van der Waals surface area contributed by atoms with E-state index in [9.17, 15) is 14.9 Å². The molecule has 1 amide bonds. The fourth-order valence-corrected chi connectivity index (χ4v) is 2.95. The predicted octanol–water partition coefficient (Wildman–Crippen LogP) is 4.15. The quantitative estimate of drug-likeness (QED) is 0.424. The average Bonchev–Trinajstić information content (AvgIpc) is 3.16. The van der Waals surface area contributed by atoms with E-state index < -0.39 is 10.8 Å². The lowest BCUT2D eigenvalue weighted by atomic mass is 10.1. The first-order valence-corrected chi connectivity index (χ1v) is 9.37. The van der Waals surface area contributed by atoms with E-state index in [1.807, 2.05) is 12.1 Å². The maximum absolute atomic E-state index is 12.9. The Bertz CT molecular complexity index is 1070. The fourth-order valence-electron chi connectivity index (χ4n) is 2.82. The van der Waals surface area contributed by atoms with Crippen molar-refractivity contribution in [2.24, 2.45) is 0 Å². The number of nitrogens with zero attached hydrogens (tertiary/aromatic N) is 3. The number of aromatic nitrogens is 2. The van der Waals surface area contributed by atoms with Crippen LogP contribution in [0.1, 0.15) is 22.8 Å². The van der Waals surface area contributed by atoms with Gasteiger partial charge in [0.15, 0.2) is 11.5 Å². The first-order valence-electron chi connectivity index (χ1n) is 8.99. The minimum absolute atomic E-state index is 0.153. The summed E-state index contributed by atoms with van der Waals surface area (Å²) in [6.07, 6.45) is 1.53. The largest absolute Gasteiger partial charge is 0.493 e. The number of benzene rings is 2. The Morgan fingerprint density at radius 2 is 1.97 bits per heavy atom. The average molecular weight is 431 g/mol. The number of methoxy groups -OCH3 is 1. The summed E-state index contributed by atoms with van der Waals surface area (Å²) in [4.78, 5) is 23.7. The van der Waals surface area contributed by atoms with E-state index in [0.717, 1.165) is 5.56 Å². The van der Waals surface area contributed by atoms with Gasteiger partial charge in [0.2, 0.25) is 0 Å². The Morgan fingerprint density at radius 3 is 2.60 bits per heavy atom. The smallest absolute Gasteiger partial charge is 0.286 e. The van der Waals surface area contributed by atoms with E-state index in [1.54, 1.807) is 29.8 Å². The van der Waals surface area contributed by atoms with Gasteiger partial charge in [-0.2, -0.15) is 5.10 Å². The summed E-state index contributed by atoms with van der Waals surface area (Å²) < 4.78 is 12.2. The van der Waals surface area contributed by atoms with Crippen molar-refractivity contribution in [1.82, 2.24) is 9.78 Å². The molecule has 0 fully saturated rings. The van der Waals surface area contributed by atoms with Crippen molar-refractivity contribution in [3.8, 4) is 11.5 Å². The van der Waals surface area contributed by atoms with Gasteiger partial charge in [-0.25, -0.2) is 4.68 Å². The number of amides is 1. The van der Waals surface area contributed by atoms with Gasteiger partial charge in [-0.1, -0.05) is 23.7 Å². The van der Waals surface area contributed by atoms with Crippen LogP contribution >= 0.6 is 11.6 Å². The molecule has 1 heterocycles. The van der Waals surface area contributed by atoms with E-state index in [4.69, 9.17) is 21.1 Å². The highest BCUT2D eigenvalue weighted by molar-refractivity contribution is 6.30. The van der Waals surface area contributed by atoms with Gasteiger partial charge in [0, 0.05) is 17.2 Å². The highest BCUT2D eigenvalue weighted by atomic mass is 35.5. The molecule has 0 saturated heterocycles. The number of ether oxygens (including phenoxy) is 2. The van der Waals surface area contributed by atoms with E-state index in [-0.39, 0.29) is 22.7 Å². The number of nitro groups is 1. The van der Waals surface area contributed by atoms with Crippen molar-refractivity contribution in [3.05, 3.63) is 74.9 Å². The second-order valence-electron chi connectivity index (χ2n) is 6.17. The molecule has 0 aliphatic heterocycles. The van der Waals surface area contributed by atoms with Gasteiger partial charge in [0.1, 0.15) is 11.4 Å². The second-order valence-corrected chi connectivity index (χ2v) is 6.60. The SMILES string of the molecule is CCOc1cc([N+](=O)[O-])c(C(=O)Nc2ccnn2Cc2ccc(Cl)cc2)cc1OC. The molecule has 0 spiro atoms. The maximum Gasteiger partial charge on any atom is 0.286 e. The molecule has 9 nitrogen and oxygen atoms in total. The Labute approximate surface area is 177 Å². The molecule has 0 atom stereocenters. The van der Waals surface area contributed by atoms with Gasteiger partial charge in [-0.3, -0.25) is 14.9 Å². The van der Waals surface area contributed by atoms with Gasteiger partial charge in [-0.15, -0.1) is 0 Å². The van der Waals surface area contributed by atoms with Crippen LogP contribution in [0.3, 0.4) is 0 Å². The number of anilines is 1. The van der Waals surface area contributed by atoms with Crippen molar-refractivity contribution in [3.63, 3.8) is 0 Å². The molecule has 156 valence electrons. The van der Waals surface area contributed by atoms with Crippen LogP contribution in [0.4, 0.5) is 11.5 Å². The molecule has 3 aromatic rings. The molecule has 0 aliphatic carbocycles. The number of nitrogens with one attached hydrogen (secondary N) is 1. The normalized spacial score (nSPS) is 10.5.